The van der Waals surface area contributed by atoms with Crippen molar-refractivity contribution in [3.63, 3.8) is 0 Å². The number of hydrogen-bond acceptors (Lipinski definition) is 0. The molecule has 0 saturated carbocycles. The molecule has 1 heterocycles. The zero-order valence-electron chi connectivity index (χ0n) is 5.84. The highest BCUT2D eigenvalue weighted by Crippen LogP contribution is 2.15. The Morgan fingerprint density at radius 3 is 3.00 bits per heavy atom. The lowest BCUT2D eigenvalue weighted by Gasteiger charge is -1.90. The number of aromatic nitrogens is 1. The zero-order chi connectivity index (χ0) is 7.68. The second-order valence-corrected chi connectivity index (χ2v) is 3.32. The third-order valence-electron chi connectivity index (χ3n) is 1.62. The first-order valence-corrected chi connectivity index (χ1v) is 4.21. The largest absolute Gasteiger partial charge is 0.211 e. The maximum atomic E-state index is 3.42. The van der Waals surface area contributed by atoms with Crippen LogP contribution in [0.3, 0.4) is 0 Å². The maximum absolute atomic E-state index is 3.42. The third kappa shape index (κ3) is 1.26. The first-order valence-electron chi connectivity index (χ1n) is 3.42. The summed E-state index contributed by atoms with van der Waals surface area (Å²) < 4.78 is 1.12. The Morgan fingerprint density at radius 2 is 2.09 bits per heavy atom. The van der Waals surface area contributed by atoms with Crippen LogP contribution in [-0.4, -0.2) is 0 Å². The first-order chi connectivity index (χ1) is 5.36. The predicted molar refractivity (Wildman–Crippen MR) is 48.2 cm³/mol. The minimum atomic E-state index is 1.12. The van der Waals surface area contributed by atoms with Crippen molar-refractivity contribution in [2.75, 3.05) is 0 Å². The lowest BCUT2D eigenvalue weighted by atomic mass is 10.2. The SMILES string of the molecule is Brc1ccc2[nH+]cccc2c1. The molecule has 11 heavy (non-hydrogen) atoms. The van der Waals surface area contributed by atoms with Crippen LogP contribution in [0.1, 0.15) is 0 Å². The van der Waals surface area contributed by atoms with Crippen molar-refractivity contribution >= 4 is 26.8 Å². The summed E-state index contributed by atoms with van der Waals surface area (Å²) in [5, 5.41) is 1.22. The van der Waals surface area contributed by atoms with Gasteiger partial charge in [0.25, 0.3) is 0 Å². The van der Waals surface area contributed by atoms with E-state index in [4.69, 9.17) is 0 Å². The Balaban J connectivity index is 2.83. The number of fused-ring (bicyclic) bond motifs is 1. The minimum Gasteiger partial charge on any atom is -0.211 e. The second-order valence-electron chi connectivity index (χ2n) is 2.40. The highest BCUT2D eigenvalue weighted by Gasteiger charge is 1.97. The second kappa shape index (κ2) is 2.62. The van der Waals surface area contributed by atoms with Crippen LogP contribution in [0.2, 0.25) is 0 Å². The Hall–Kier alpha value is -0.890. The molecule has 0 bridgehead atoms. The molecule has 0 aliphatic carbocycles. The van der Waals surface area contributed by atoms with E-state index in [0.717, 1.165) is 9.99 Å². The molecule has 2 rings (SSSR count). The number of H-pyrrole nitrogens is 1. The van der Waals surface area contributed by atoms with Gasteiger partial charge in [-0.25, -0.2) is 4.98 Å². The molecule has 0 unspecified atom stereocenters. The van der Waals surface area contributed by atoms with E-state index < -0.39 is 0 Å². The van der Waals surface area contributed by atoms with E-state index in [-0.39, 0.29) is 0 Å². The minimum absolute atomic E-state index is 1.12. The fourth-order valence-corrected chi connectivity index (χ4v) is 1.47. The maximum Gasteiger partial charge on any atom is 0.210 e. The number of nitrogens with one attached hydrogen (secondary N) is 1. The molecule has 0 aliphatic heterocycles. The van der Waals surface area contributed by atoms with Crippen molar-refractivity contribution in [1.29, 1.82) is 0 Å². The molecule has 54 valence electrons. The van der Waals surface area contributed by atoms with E-state index in [0.29, 0.717) is 0 Å². The number of hydrogen-bond donors (Lipinski definition) is 0. The predicted octanol–water partition coefficient (Wildman–Crippen LogP) is 2.42. The highest BCUT2D eigenvalue weighted by molar-refractivity contribution is 9.10. The Bertz CT molecular complexity index is 384. The standard InChI is InChI=1S/C9H6BrN/c10-8-3-4-9-7(6-8)2-1-5-11-9/h1-6H/p+1. The summed E-state index contributed by atoms with van der Waals surface area (Å²) in [6.07, 6.45) is 1.93. The molecule has 2 aromatic rings. The molecule has 1 N–H and O–H groups in total. The summed E-state index contributed by atoms with van der Waals surface area (Å²) >= 11 is 3.42. The Labute approximate surface area is 73.2 Å². The molecule has 0 atom stereocenters. The van der Waals surface area contributed by atoms with Crippen LogP contribution < -0.4 is 4.98 Å². The van der Waals surface area contributed by atoms with E-state index in [2.05, 4.69) is 39.1 Å². The van der Waals surface area contributed by atoms with Gasteiger partial charge in [-0.05, 0) is 18.2 Å². The Morgan fingerprint density at radius 1 is 1.18 bits per heavy atom. The van der Waals surface area contributed by atoms with Gasteiger partial charge in [-0.1, -0.05) is 15.9 Å². The summed E-state index contributed by atoms with van der Waals surface area (Å²) in [6.45, 7) is 0. The average Bonchev–Trinajstić information content (AvgIpc) is 2.04. The quantitative estimate of drug-likeness (QED) is 0.632. The van der Waals surface area contributed by atoms with Crippen molar-refractivity contribution in [3.8, 4) is 0 Å². The third-order valence-corrected chi connectivity index (χ3v) is 2.12. The number of benzene rings is 1. The molecular weight excluding hydrogens is 202 g/mol. The van der Waals surface area contributed by atoms with Gasteiger partial charge in [0.1, 0.15) is 0 Å². The van der Waals surface area contributed by atoms with E-state index in [1.807, 2.05) is 18.3 Å². The van der Waals surface area contributed by atoms with Crippen LogP contribution in [0.4, 0.5) is 0 Å². The van der Waals surface area contributed by atoms with Crippen LogP contribution in [0.25, 0.3) is 10.9 Å². The van der Waals surface area contributed by atoms with Gasteiger partial charge in [0, 0.05) is 22.0 Å². The summed E-state index contributed by atoms with van der Waals surface area (Å²) in [5.74, 6) is 0. The average molecular weight is 209 g/mol. The van der Waals surface area contributed by atoms with Gasteiger partial charge >= 0.3 is 0 Å². The van der Waals surface area contributed by atoms with Crippen LogP contribution in [0.5, 0.6) is 0 Å². The van der Waals surface area contributed by atoms with Gasteiger partial charge in [-0.15, -0.1) is 0 Å². The van der Waals surface area contributed by atoms with Gasteiger partial charge in [0.15, 0.2) is 6.20 Å². The van der Waals surface area contributed by atoms with Crippen LogP contribution in [0, 0.1) is 0 Å². The number of rotatable bonds is 0. The lowest BCUT2D eigenvalue weighted by Crippen LogP contribution is -2.00. The van der Waals surface area contributed by atoms with Gasteiger partial charge in [0.05, 0.1) is 0 Å². The summed E-state index contributed by atoms with van der Waals surface area (Å²) in [7, 11) is 0. The Kier molecular flexibility index (Phi) is 1.62. The van der Waals surface area contributed by atoms with Crippen molar-refractivity contribution in [3.05, 3.63) is 41.0 Å². The summed E-state index contributed by atoms with van der Waals surface area (Å²) in [5.41, 5.74) is 1.16. The molecule has 2 heteroatoms. The summed E-state index contributed by atoms with van der Waals surface area (Å²) in [4.78, 5) is 3.16. The van der Waals surface area contributed by atoms with E-state index in [1.54, 1.807) is 0 Å². The van der Waals surface area contributed by atoms with Gasteiger partial charge < -0.3 is 0 Å². The number of pyridine rings is 1. The fraction of sp³-hybridized carbons (Fsp3) is 0. The van der Waals surface area contributed by atoms with Gasteiger partial charge in [0.2, 0.25) is 5.52 Å². The van der Waals surface area contributed by atoms with Gasteiger partial charge in [-0.2, -0.15) is 0 Å². The van der Waals surface area contributed by atoms with Crippen LogP contribution >= 0.6 is 15.9 Å². The molecule has 0 fully saturated rings. The lowest BCUT2D eigenvalue weighted by molar-refractivity contribution is -0.344. The van der Waals surface area contributed by atoms with E-state index in [9.17, 15) is 0 Å². The monoisotopic (exact) mass is 208 g/mol. The molecule has 1 aromatic carbocycles. The number of halogens is 1. The summed E-state index contributed by atoms with van der Waals surface area (Å²) in [6, 6.07) is 10.2. The van der Waals surface area contributed by atoms with Crippen molar-refractivity contribution in [2.45, 2.75) is 0 Å². The van der Waals surface area contributed by atoms with Crippen LogP contribution in [-0.2, 0) is 0 Å². The molecular formula is C9H7BrN+. The molecule has 1 nitrogen and oxygen atoms in total. The number of aromatic amines is 1. The smallest absolute Gasteiger partial charge is 0.210 e. The molecule has 0 spiro atoms. The van der Waals surface area contributed by atoms with Crippen LogP contribution in [0.15, 0.2) is 41.0 Å². The zero-order valence-corrected chi connectivity index (χ0v) is 7.43. The van der Waals surface area contributed by atoms with Crippen molar-refractivity contribution in [2.24, 2.45) is 0 Å². The van der Waals surface area contributed by atoms with Gasteiger partial charge in [-0.3, -0.25) is 0 Å². The van der Waals surface area contributed by atoms with E-state index in [1.165, 1.54) is 5.39 Å². The normalized spacial score (nSPS) is 10.3. The van der Waals surface area contributed by atoms with Crippen molar-refractivity contribution < 1.29 is 4.98 Å². The van der Waals surface area contributed by atoms with E-state index >= 15 is 0 Å². The first kappa shape index (κ1) is 6.80. The topological polar surface area (TPSA) is 14.1 Å². The molecule has 0 saturated heterocycles. The molecule has 0 aliphatic rings. The molecule has 1 aromatic heterocycles. The molecule has 0 radical (unpaired) electrons. The highest BCUT2D eigenvalue weighted by atomic mass is 79.9. The van der Waals surface area contributed by atoms with Crippen molar-refractivity contribution in [1.82, 2.24) is 0 Å². The molecule has 0 amide bonds. The fourth-order valence-electron chi connectivity index (χ4n) is 1.09.